The van der Waals surface area contributed by atoms with Crippen molar-refractivity contribution in [1.29, 1.82) is 0 Å². The van der Waals surface area contributed by atoms with Gasteiger partial charge in [0.05, 0.1) is 24.9 Å². The van der Waals surface area contributed by atoms with Gasteiger partial charge < -0.3 is 20.5 Å². The van der Waals surface area contributed by atoms with E-state index in [0.29, 0.717) is 38.2 Å². The lowest BCUT2D eigenvalue weighted by molar-refractivity contribution is -0.00561. The van der Waals surface area contributed by atoms with Crippen LogP contribution in [-0.2, 0) is 4.74 Å². The summed E-state index contributed by atoms with van der Waals surface area (Å²) in [5.74, 6) is -0.890. The maximum atomic E-state index is 13.7. The van der Waals surface area contributed by atoms with E-state index in [1.807, 2.05) is 0 Å². The predicted octanol–water partition coefficient (Wildman–Crippen LogP) is 1.02. The number of hydrogen-bond acceptors (Lipinski definition) is 4. The highest BCUT2D eigenvalue weighted by Crippen LogP contribution is 2.19. The van der Waals surface area contributed by atoms with Crippen molar-refractivity contribution in [3.63, 3.8) is 0 Å². The van der Waals surface area contributed by atoms with Crippen molar-refractivity contribution in [2.24, 2.45) is 0 Å². The van der Waals surface area contributed by atoms with Gasteiger partial charge in [-0.25, -0.2) is 4.39 Å². The third-order valence-corrected chi connectivity index (χ3v) is 3.39. The Bertz CT molecular complexity index is 473. The Balaban J connectivity index is 1.96. The number of anilines is 1. The smallest absolute Gasteiger partial charge is 0.256 e. The van der Waals surface area contributed by atoms with Crippen LogP contribution in [0.3, 0.4) is 0 Å². The molecule has 1 heterocycles. The number of carbonyl (C=O) groups is 1. The molecule has 5 nitrogen and oxygen atoms in total. The van der Waals surface area contributed by atoms with Gasteiger partial charge in [0.1, 0.15) is 5.82 Å². The van der Waals surface area contributed by atoms with Crippen molar-refractivity contribution in [1.82, 2.24) is 4.90 Å². The number of amides is 1. The topological polar surface area (TPSA) is 75.8 Å². The maximum absolute atomic E-state index is 13.7. The molecule has 110 valence electrons. The number of nitrogen functional groups attached to an aromatic ring is 1. The summed E-state index contributed by atoms with van der Waals surface area (Å²) in [5.41, 5.74) is 5.98. The van der Waals surface area contributed by atoms with Crippen LogP contribution < -0.4 is 5.73 Å². The van der Waals surface area contributed by atoms with Gasteiger partial charge in [-0.05, 0) is 31.0 Å². The van der Waals surface area contributed by atoms with Crippen molar-refractivity contribution < 1.29 is 19.0 Å². The van der Waals surface area contributed by atoms with Crippen LogP contribution in [0.4, 0.5) is 10.1 Å². The van der Waals surface area contributed by atoms with Crippen molar-refractivity contribution in [3.8, 4) is 0 Å². The summed E-state index contributed by atoms with van der Waals surface area (Å²) in [6.07, 6.45) is 1.43. The molecule has 0 unspecified atom stereocenters. The van der Waals surface area contributed by atoms with Crippen molar-refractivity contribution in [2.75, 3.05) is 32.0 Å². The molecule has 1 aliphatic rings. The zero-order chi connectivity index (χ0) is 14.5. The lowest BCUT2D eigenvalue weighted by Gasteiger charge is -2.32. The molecule has 1 amide bonds. The number of benzene rings is 1. The van der Waals surface area contributed by atoms with Crippen LogP contribution in [0, 0.1) is 5.82 Å². The largest absolute Gasteiger partial charge is 0.399 e. The highest BCUT2D eigenvalue weighted by Gasteiger charge is 2.25. The highest BCUT2D eigenvalue weighted by atomic mass is 19.1. The molecule has 2 rings (SSSR count). The van der Waals surface area contributed by atoms with E-state index in [9.17, 15) is 9.18 Å². The van der Waals surface area contributed by atoms with E-state index in [0.717, 1.165) is 0 Å². The normalized spacial score (nSPS) is 16.4. The van der Waals surface area contributed by atoms with Gasteiger partial charge in [0.25, 0.3) is 5.91 Å². The van der Waals surface area contributed by atoms with Crippen LogP contribution in [0.2, 0.25) is 0 Å². The van der Waals surface area contributed by atoms with Gasteiger partial charge in [-0.15, -0.1) is 0 Å². The second-order valence-electron chi connectivity index (χ2n) is 4.83. The zero-order valence-corrected chi connectivity index (χ0v) is 11.2. The summed E-state index contributed by atoms with van der Waals surface area (Å²) >= 11 is 0. The second-order valence-corrected chi connectivity index (χ2v) is 4.83. The summed E-state index contributed by atoms with van der Waals surface area (Å²) in [7, 11) is 0. The molecular weight excluding hydrogens is 263 g/mol. The standard InChI is InChI=1S/C14H19FN2O3/c15-13-2-1-10(16)9-12(13)14(19)17-5-3-11(4-6-17)20-8-7-18/h1-2,9,11,18H,3-8,16H2. The number of likely N-dealkylation sites (tertiary alicyclic amines) is 1. The van der Waals surface area contributed by atoms with Crippen LogP contribution in [0.25, 0.3) is 0 Å². The monoisotopic (exact) mass is 282 g/mol. The molecule has 0 saturated carbocycles. The molecule has 0 spiro atoms. The quantitative estimate of drug-likeness (QED) is 0.809. The van der Waals surface area contributed by atoms with E-state index in [-0.39, 0.29) is 24.2 Å². The van der Waals surface area contributed by atoms with Crippen molar-refractivity contribution in [2.45, 2.75) is 18.9 Å². The van der Waals surface area contributed by atoms with Crippen LogP contribution >= 0.6 is 0 Å². The second kappa shape index (κ2) is 6.67. The van der Waals surface area contributed by atoms with Gasteiger partial charge in [-0.2, -0.15) is 0 Å². The number of piperidine rings is 1. The Hall–Kier alpha value is -1.66. The number of carbonyl (C=O) groups excluding carboxylic acids is 1. The van der Waals surface area contributed by atoms with Crippen LogP contribution in [0.5, 0.6) is 0 Å². The van der Waals surface area contributed by atoms with Gasteiger partial charge in [0, 0.05) is 18.8 Å². The Morgan fingerprint density at radius 3 is 2.80 bits per heavy atom. The first-order valence-corrected chi connectivity index (χ1v) is 6.68. The number of aliphatic hydroxyl groups is 1. The summed E-state index contributed by atoms with van der Waals surface area (Å²) < 4.78 is 19.1. The van der Waals surface area contributed by atoms with E-state index in [1.54, 1.807) is 4.90 Å². The molecule has 0 radical (unpaired) electrons. The molecule has 0 atom stereocenters. The highest BCUT2D eigenvalue weighted by molar-refractivity contribution is 5.95. The summed E-state index contributed by atoms with van der Waals surface area (Å²) in [4.78, 5) is 13.9. The molecule has 1 saturated heterocycles. The first kappa shape index (κ1) is 14.7. The molecule has 0 bridgehead atoms. The fourth-order valence-corrected chi connectivity index (χ4v) is 2.32. The molecular formula is C14H19FN2O3. The van der Waals surface area contributed by atoms with Gasteiger partial charge in [-0.1, -0.05) is 0 Å². The number of nitrogens with two attached hydrogens (primary N) is 1. The molecule has 1 aromatic rings. The average molecular weight is 282 g/mol. The third-order valence-electron chi connectivity index (χ3n) is 3.39. The first-order valence-electron chi connectivity index (χ1n) is 6.68. The Morgan fingerprint density at radius 2 is 2.15 bits per heavy atom. The minimum absolute atomic E-state index is 0.00630. The molecule has 1 aromatic carbocycles. The van der Waals surface area contributed by atoms with Gasteiger partial charge in [0.15, 0.2) is 0 Å². The van der Waals surface area contributed by atoms with Crippen LogP contribution in [0.1, 0.15) is 23.2 Å². The molecule has 1 fully saturated rings. The predicted molar refractivity (Wildman–Crippen MR) is 72.8 cm³/mol. The van der Waals surface area contributed by atoms with E-state index >= 15 is 0 Å². The fraction of sp³-hybridized carbons (Fsp3) is 0.500. The maximum Gasteiger partial charge on any atom is 0.256 e. The number of aliphatic hydroxyl groups excluding tert-OH is 1. The van der Waals surface area contributed by atoms with E-state index in [1.165, 1.54) is 18.2 Å². The summed E-state index contributed by atoms with van der Waals surface area (Å²) in [5, 5.41) is 8.70. The average Bonchev–Trinajstić information content (AvgIpc) is 2.47. The minimum atomic E-state index is -0.553. The lowest BCUT2D eigenvalue weighted by atomic mass is 10.1. The fourth-order valence-electron chi connectivity index (χ4n) is 2.32. The SMILES string of the molecule is Nc1ccc(F)c(C(=O)N2CCC(OCCO)CC2)c1. The van der Waals surface area contributed by atoms with Gasteiger partial charge >= 0.3 is 0 Å². The van der Waals surface area contributed by atoms with E-state index < -0.39 is 5.82 Å². The molecule has 0 aliphatic carbocycles. The minimum Gasteiger partial charge on any atom is -0.399 e. The van der Waals surface area contributed by atoms with E-state index in [2.05, 4.69) is 0 Å². The Morgan fingerprint density at radius 1 is 1.45 bits per heavy atom. The molecule has 20 heavy (non-hydrogen) atoms. The molecule has 1 aliphatic heterocycles. The summed E-state index contributed by atoms with van der Waals surface area (Å²) in [6, 6.07) is 4.01. The van der Waals surface area contributed by atoms with E-state index in [4.69, 9.17) is 15.6 Å². The molecule has 0 aromatic heterocycles. The Labute approximate surface area is 117 Å². The Kier molecular flexibility index (Phi) is 4.92. The first-order chi connectivity index (χ1) is 9.61. The van der Waals surface area contributed by atoms with Gasteiger partial charge in [-0.3, -0.25) is 4.79 Å². The van der Waals surface area contributed by atoms with Gasteiger partial charge in [0.2, 0.25) is 0 Å². The van der Waals surface area contributed by atoms with Crippen molar-refractivity contribution in [3.05, 3.63) is 29.6 Å². The number of hydrogen-bond donors (Lipinski definition) is 2. The number of halogens is 1. The van der Waals surface area contributed by atoms with Crippen LogP contribution in [-0.4, -0.2) is 48.3 Å². The number of rotatable bonds is 4. The molecule has 6 heteroatoms. The van der Waals surface area contributed by atoms with Crippen LogP contribution in [0.15, 0.2) is 18.2 Å². The molecule has 3 N–H and O–H groups in total. The lowest BCUT2D eigenvalue weighted by Crippen LogP contribution is -2.41. The zero-order valence-electron chi connectivity index (χ0n) is 11.2. The van der Waals surface area contributed by atoms with Crippen molar-refractivity contribution >= 4 is 11.6 Å². The number of ether oxygens (including phenoxy) is 1. The number of nitrogens with zero attached hydrogens (tertiary/aromatic N) is 1. The summed E-state index contributed by atoms with van der Waals surface area (Å²) in [6.45, 7) is 1.34. The third kappa shape index (κ3) is 3.46.